The first-order valence-electron chi connectivity index (χ1n) is 7.03. The molecule has 0 spiro atoms. The van der Waals surface area contributed by atoms with Crippen LogP contribution in [-0.4, -0.2) is 21.9 Å². The lowest BCUT2D eigenvalue weighted by atomic mass is 10.1. The number of rotatable bonds is 9. The van der Waals surface area contributed by atoms with E-state index in [1.165, 1.54) is 31.4 Å². The Morgan fingerprint density at radius 3 is 2.32 bits per heavy atom. The Bertz CT molecular complexity index is 386. The SMILES string of the molecule is OCCCCCCCCC=Cc1cc(O)ccc1O. The normalized spacial score (nSPS) is 11.2. The highest BCUT2D eigenvalue weighted by molar-refractivity contribution is 5.58. The molecule has 0 aliphatic heterocycles. The summed E-state index contributed by atoms with van der Waals surface area (Å²) in [5, 5.41) is 27.5. The number of unbranched alkanes of at least 4 members (excludes halogenated alkanes) is 6. The molecule has 0 amide bonds. The van der Waals surface area contributed by atoms with Gasteiger partial charge in [-0.3, -0.25) is 0 Å². The number of aromatic hydroxyl groups is 2. The van der Waals surface area contributed by atoms with Crippen molar-refractivity contribution in [3.8, 4) is 11.5 Å². The number of aliphatic hydroxyl groups is 1. The first kappa shape index (κ1) is 15.6. The van der Waals surface area contributed by atoms with E-state index in [4.69, 9.17) is 5.11 Å². The van der Waals surface area contributed by atoms with Crippen LogP contribution in [0.25, 0.3) is 6.08 Å². The molecule has 106 valence electrons. The Balaban J connectivity index is 2.15. The van der Waals surface area contributed by atoms with Gasteiger partial charge in [0.1, 0.15) is 11.5 Å². The predicted molar refractivity (Wildman–Crippen MR) is 78.2 cm³/mol. The number of aliphatic hydroxyl groups excluding tert-OH is 1. The van der Waals surface area contributed by atoms with Crippen molar-refractivity contribution in [3.63, 3.8) is 0 Å². The Morgan fingerprint density at radius 1 is 0.895 bits per heavy atom. The van der Waals surface area contributed by atoms with Crippen molar-refractivity contribution < 1.29 is 15.3 Å². The maximum Gasteiger partial charge on any atom is 0.123 e. The number of hydrogen-bond acceptors (Lipinski definition) is 3. The summed E-state index contributed by atoms with van der Waals surface area (Å²) >= 11 is 0. The van der Waals surface area contributed by atoms with Gasteiger partial charge in [0.05, 0.1) is 0 Å². The lowest BCUT2D eigenvalue weighted by molar-refractivity contribution is 0.282. The zero-order valence-electron chi connectivity index (χ0n) is 11.4. The lowest BCUT2D eigenvalue weighted by Gasteiger charge is -2.00. The van der Waals surface area contributed by atoms with E-state index in [-0.39, 0.29) is 11.5 Å². The van der Waals surface area contributed by atoms with Crippen molar-refractivity contribution in [2.45, 2.75) is 44.9 Å². The molecule has 0 unspecified atom stereocenters. The Kier molecular flexibility index (Phi) is 7.75. The zero-order chi connectivity index (χ0) is 13.9. The van der Waals surface area contributed by atoms with Gasteiger partial charge in [0.2, 0.25) is 0 Å². The minimum absolute atomic E-state index is 0.168. The molecule has 0 fully saturated rings. The minimum Gasteiger partial charge on any atom is -0.508 e. The van der Waals surface area contributed by atoms with Gasteiger partial charge in [-0.25, -0.2) is 0 Å². The van der Waals surface area contributed by atoms with Crippen molar-refractivity contribution in [1.29, 1.82) is 0 Å². The summed E-state index contributed by atoms with van der Waals surface area (Å²) in [6.45, 7) is 0.302. The molecule has 1 aromatic rings. The standard InChI is InChI=1S/C16H24O3/c17-12-8-6-4-2-1-3-5-7-9-14-13-15(18)10-11-16(14)19/h7,9-11,13,17-19H,1-6,8,12H2. The molecule has 3 heteroatoms. The van der Waals surface area contributed by atoms with Gasteiger partial charge in [0, 0.05) is 12.2 Å². The van der Waals surface area contributed by atoms with Crippen molar-refractivity contribution in [2.24, 2.45) is 0 Å². The van der Waals surface area contributed by atoms with E-state index >= 15 is 0 Å². The van der Waals surface area contributed by atoms with Crippen LogP contribution < -0.4 is 0 Å². The van der Waals surface area contributed by atoms with E-state index < -0.39 is 0 Å². The Hall–Kier alpha value is -1.48. The quantitative estimate of drug-likeness (QED) is 0.469. The second-order valence-corrected chi connectivity index (χ2v) is 4.78. The molecule has 0 aliphatic carbocycles. The zero-order valence-corrected chi connectivity index (χ0v) is 11.4. The largest absolute Gasteiger partial charge is 0.508 e. The van der Waals surface area contributed by atoms with Crippen LogP contribution in [0.3, 0.4) is 0 Å². The van der Waals surface area contributed by atoms with E-state index in [9.17, 15) is 10.2 Å². The molecular weight excluding hydrogens is 240 g/mol. The third-order valence-corrected chi connectivity index (χ3v) is 3.09. The number of hydrogen-bond donors (Lipinski definition) is 3. The highest BCUT2D eigenvalue weighted by Gasteiger charge is 1.97. The van der Waals surface area contributed by atoms with Gasteiger partial charge in [-0.05, 0) is 37.5 Å². The second kappa shape index (κ2) is 9.45. The average Bonchev–Trinajstić information content (AvgIpc) is 2.40. The molecule has 3 nitrogen and oxygen atoms in total. The second-order valence-electron chi connectivity index (χ2n) is 4.78. The molecular formula is C16H24O3. The summed E-state index contributed by atoms with van der Waals surface area (Å²) in [6.07, 6.45) is 11.6. The summed E-state index contributed by atoms with van der Waals surface area (Å²) in [4.78, 5) is 0. The lowest BCUT2D eigenvalue weighted by Crippen LogP contribution is -1.83. The Labute approximate surface area is 115 Å². The smallest absolute Gasteiger partial charge is 0.123 e. The highest BCUT2D eigenvalue weighted by Crippen LogP contribution is 2.23. The maximum absolute atomic E-state index is 9.58. The van der Waals surface area contributed by atoms with E-state index in [2.05, 4.69) is 0 Å². The number of phenolic OH excluding ortho intramolecular Hbond substituents is 2. The molecule has 0 radical (unpaired) electrons. The molecule has 0 atom stereocenters. The van der Waals surface area contributed by atoms with E-state index in [0.29, 0.717) is 12.2 Å². The van der Waals surface area contributed by atoms with Gasteiger partial charge in [-0.15, -0.1) is 0 Å². The van der Waals surface area contributed by atoms with Crippen LogP contribution in [0.4, 0.5) is 0 Å². The van der Waals surface area contributed by atoms with Crippen LogP contribution in [0.5, 0.6) is 11.5 Å². The molecule has 0 bridgehead atoms. The fourth-order valence-corrected chi connectivity index (χ4v) is 1.97. The summed E-state index contributed by atoms with van der Waals surface area (Å²) in [5.41, 5.74) is 0.656. The molecule has 0 saturated carbocycles. The van der Waals surface area contributed by atoms with Gasteiger partial charge >= 0.3 is 0 Å². The van der Waals surface area contributed by atoms with Crippen LogP contribution >= 0.6 is 0 Å². The van der Waals surface area contributed by atoms with Gasteiger partial charge in [0.25, 0.3) is 0 Å². The third-order valence-electron chi connectivity index (χ3n) is 3.09. The average molecular weight is 264 g/mol. The first-order valence-corrected chi connectivity index (χ1v) is 7.03. The molecule has 0 heterocycles. The predicted octanol–water partition coefficient (Wildman–Crippen LogP) is 3.83. The van der Waals surface area contributed by atoms with Crippen LogP contribution in [-0.2, 0) is 0 Å². The van der Waals surface area contributed by atoms with E-state index in [1.54, 1.807) is 6.07 Å². The van der Waals surface area contributed by atoms with Crippen molar-refractivity contribution >= 4 is 6.08 Å². The molecule has 0 aromatic heterocycles. The van der Waals surface area contributed by atoms with Crippen LogP contribution in [0.2, 0.25) is 0 Å². The summed E-state index contributed by atoms with van der Waals surface area (Å²) in [6, 6.07) is 4.52. The third kappa shape index (κ3) is 6.87. The van der Waals surface area contributed by atoms with Gasteiger partial charge in [-0.2, -0.15) is 0 Å². The summed E-state index contributed by atoms with van der Waals surface area (Å²) in [5.74, 6) is 0.361. The molecule has 0 saturated heterocycles. The molecule has 1 rings (SSSR count). The first-order chi connectivity index (χ1) is 9.24. The van der Waals surface area contributed by atoms with Gasteiger partial charge in [-0.1, -0.05) is 37.8 Å². The minimum atomic E-state index is 0.168. The van der Waals surface area contributed by atoms with Crippen molar-refractivity contribution in [3.05, 3.63) is 29.8 Å². The molecule has 19 heavy (non-hydrogen) atoms. The fourth-order valence-electron chi connectivity index (χ4n) is 1.97. The number of phenols is 2. The summed E-state index contributed by atoms with van der Waals surface area (Å²) in [7, 11) is 0. The van der Waals surface area contributed by atoms with Crippen molar-refractivity contribution in [2.75, 3.05) is 6.61 Å². The fraction of sp³-hybridized carbons (Fsp3) is 0.500. The van der Waals surface area contributed by atoms with Crippen LogP contribution in [0.15, 0.2) is 24.3 Å². The molecule has 0 aliphatic rings. The van der Waals surface area contributed by atoms with Gasteiger partial charge < -0.3 is 15.3 Å². The van der Waals surface area contributed by atoms with Crippen molar-refractivity contribution in [1.82, 2.24) is 0 Å². The van der Waals surface area contributed by atoms with Crippen LogP contribution in [0.1, 0.15) is 50.5 Å². The monoisotopic (exact) mass is 264 g/mol. The highest BCUT2D eigenvalue weighted by atomic mass is 16.3. The molecule has 3 N–H and O–H groups in total. The molecule has 1 aromatic carbocycles. The number of allylic oxidation sites excluding steroid dienone is 1. The van der Waals surface area contributed by atoms with Crippen LogP contribution in [0, 0.1) is 0 Å². The topological polar surface area (TPSA) is 60.7 Å². The summed E-state index contributed by atoms with van der Waals surface area (Å²) < 4.78 is 0. The Morgan fingerprint density at radius 2 is 1.58 bits per heavy atom. The van der Waals surface area contributed by atoms with E-state index in [0.717, 1.165) is 25.7 Å². The number of benzene rings is 1. The maximum atomic E-state index is 9.58. The van der Waals surface area contributed by atoms with E-state index in [1.807, 2.05) is 12.2 Å². The van der Waals surface area contributed by atoms with Gasteiger partial charge in [0.15, 0.2) is 0 Å².